The summed E-state index contributed by atoms with van der Waals surface area (Å²) in [6.45, 7) is 0.151. The number of hydrogen-bond donors (Lipinski definition) is 3. The minimum Gasteiger partial charge on any atom is -0.396 e. The normalized spacial score (nSPS) is 10.8. The maximum absolute atomic E-state index is 10.7. The summed E-state index contributed by atoms with van der Waals surface area (Å²) < 4.78 is 21.4. The number of rotatable bonds is 4. The summed E-state index contributed by atoms with van der Waals surface area (Å²) >= 11 is 0. The van der Waals surface area contributed by atoms with Crippen LogP contribution in [0.15, 0.2) is 18.2 Å². The van der Waals surface area contributed by atoms with Gasteiger partial charge in [-0.3, -0.25) is 0 Å². The van der Waals surface area contributed by atoms with Crippen molar-refractivity contribution >= 4 is 21.4 Å². The lowest BCUT2D eigenvalue weighted by Crippen LogP contribution is -2.22. The van der Waals surface area contributed by atoms with E-state index in [4.69, 9.17) is 16.1 Å². The Balaban J connectivity index is 2.73. The maximum atomic E-state index is 10.7. The number of para-hydroxylation sites is 1. The second-order valence-electron chi connectivity index (χ2n) is 3.17. The van der Waals surface area contributed by atoms with E-state index in [-0.39, 0.29) is 12.3 Å². The van der Waals surface area contributed by atoms with Crippen LogP contribution in [-0.2, 0) is 10.0 Å². The number of sulfonamides is 1. The van der Waals surface area contributed by atoms with Crippen molar-refractivity contribution in [2.45, 2.75) is 0 Å². The maximum Gasteiger partial charge on any atom is 0.210 e. The summed E-state index contributed by atoms with van der Waals surface area (Å²) in [4.78, 5) is 0. The van der Waals surface area contributed by atoms with Crippen molar-refractivity contribution in [3.63, 3.8) is 0 Å². The highest BCUT2D eigenvalue weighted by molar-refractivity contribution is 7.89. The summed E-state index contributed by atoms with van der Waals surface area (Å²) in [6, 6.07) is 6.84. The Bertz CT molecular complexity index is 519. The molecule has 0 aliphatic heterocycles. The summed E-state index contributed by atoms with van der Waals surface area (Å²) in [5.41, 5.74) is 6.86. The molecule has 0 atom stereocenters. The molecule has 0 radical (unpaired) electrons. The van der Waals surface area contributed by atoms with Gasteiger partial charge in [-0.1, -0.05) is 6.07 Å². The first-order valence-electron chi connectivity index (χ1n) is 4.47. The van der Waals surface area contributed by atoms with E-state index in [2.05, 4.69) is 5.32 Å². The Labute approximate surface area is 93.9 Å². The van der Waals surface area contributed by atoms with Crippen LogP contribution in [0.2, 0.25) is 0 Å². The van der Waals surface area contributed by atoms with E-state index in [1.165, 1.54) is 0 Å². The molecule has 0 aliphatic carbocycles. The van der Waals surface area contributed by atoms with Crippen LogP contribution in [0.25, 0.3) is 0 Å². The number of nitrogen functional groups attached to an aromatic ring is 1. The van der Waals surface area contributed by atoms with Crippen molar-refractivity contribution in [1.82, 2.24) is 0 Å². The minimum atomic E-state index is -3.49. The molecule has 0 fully saturated rings. The number of anilines is 2. The van der Waals surface area contributed by atoms with Crippen LogP contribution in [0.3, 0.4) is 0 Å². The molecule has 0 aliphatic rings. The lowest BCUT2D eigenvalue weighted by Gasteiger charge is -2.09. The highest BCUT2D eigenvalue weighted by Gasteiger charge is 2.05. The molecule has 1 aromatic rings. The molecule has 0 spiro atoms. The molecule has 16 heavy (non-hydrogen) atoms. The lowest BCUT2D eigenvalue weighted by atomic mass is 10.1. The summed E-state index contributed by atoms with van der Waals surface area (Å²) in [5, 5.41) is 16.4. The average molecular weight is 240 g/mol. The van der Waals surface area contributed by atoms with Crippen molar-refractivity contribution in [2.75, 3.05) is 23.3 Å². The van der Waals surface area contributed by atoms with Gasteiger partial charge in [0.2, 0.25) is 10.0 Å². The van der Waals surface area contributed by atoms with Gasteiger partial charge >= 0.3 is 0 Å². The second-order valence-corrected chi connectivity index (χ2v) is 4.91. The van der Waals surface area contributed by atoms with Gasteiger partial charge in [0, 0.05) is 6.54 Å². The van der Waals surface area contributed by atoms with Crippen LogP contribution < -0.4 is 16.2 Å². The largest absolute Gasteiger partial charge is 0.396 e. The summed E-state index contributed by atoms with van der Waals surface area (Å²) in [7, 11) is -3.49. The topological polar surface area (TPSA) is 122 Å². The first kappa shape index (κ1) is 12.3. The molecule has 6 nitrogen and oxygen atoms in total. The van der Waals surface area contributed by atoms with Crippen molar-refractivity contribution in [3.8, 4) is 6.07 Å². The monoisotopic (exact) mass is 240 g/mol. The van der Waals surface area contributed by atoms with Crippen LogP contribution in [0.4, 0.5) is 11.4 Å². The second kappa shape index (κ2) is 4.83. The highest BCUT2D eigenvalue weighted by Crippen LogP contribution is 2.21. The van der Waals surface area contributed by atoms with Crippen LogP contribution in [0.5, 0.6) is 0 Å². The van der Waals surface area contributed by atoms with E-state index in [0.717, 1.165) is 0 Å². The molecule has 0 aromatic heterocycles. The van der Waals surface area contributed by atoms with Gasteiger partial charge in [0.25, 0.3) is 0 Å². The Morgan fingerprint density at radius 2 is 2.12 bits per heavy atom. The fourth-order valence-electron chi connectivity index (χ4n) is 1.14. The van der Waals surface area contributed by atoms with Crippen LogP contribution in [0.1, 0.15) is 5.56 Å². The zero-order valence-corrected chi connectivity index (χ0v) is 9.29. The minimum absolute atomic E-state index is 0.151. The Kier molecular flexibility index (Phi) is 3.71. The zero-order valence-electron chi connectivity index (χ0n) is 8.47. The molecule has 7 heteroatoms. The van der Waals surface area contributed by atoms with E-state index in [9.17, 15) is 8.42 Å². The standard InChI is InChI=1S/C9H12N4O2S/c10-6-7-2-1-3-8(9(7)11)13-4-5-16(12,14)15/h1-3,13H,4-5,11H2,(H2,12,14,15). The third-order valence-electron chi connectivity index (χ3n) is 1.93. The van der Waals surface area contributed by atoms with Gasteiger partial charge in [-0.15, -0.1) is 0 Å². The van der Waals surface area contributed by atoms with Gasteiger partial charge in [-0.05, 0) is 12.1 Å². The summed E-state index contributed by atoms with van der Waals surface area (Å²) in [5.74, 6) is -0.191. The van der Waals surface area contributed by atoms with Crippen molar-refractivity contribution in [2.24, 2.45) is 5.14 Å². The number of nitrogens with two attached hydrogens (primary N) is 2. The van der Waals surface area contributed by atoms with Crippen molar-refractivity contribution in [3.05, 3.63) is 23.8 Å². The van der Waals surface area contributed by atoms with Crippen LogP contribution in [-0.4, -0.2) is 20.7 Å². The number of primary sulfonamides is 1. The SMILES string of the molecule is N#Cc1cccc(NCCS(N)(=O)=O)c1N. The molecule has 86 valence electrons. The van der Waals surface area contributed by atoms with E-state index >= 15 is 0 Å². The van der Waals surface area contributed by atoms with Gasteiger partial charge in [0.1, 0.15) is 6.07 Å². The number of hydrogen-bond acceptors (Lipinski definition) is 5. The van der Waals surface area contributed by atoms with Gasteiger partial charge in [-0.2, -0.15) is 5.26 Å². The third kappa shape index (κ3) is 3.42. The Morgan fingerprint density at radius 1 is 1.44 bits per heavy atom. The number of nitriles is 1. The number of nitrogens with zero attached hydrogens (tertiary/aromatic N) is 1. The molecular formula is C9H12N4O2S. The number of benzene rings is 1. The predicted octanol–water partition coefficient (Wildman–Crippen LogP) is -0.159. The summed E-state index contributed by atoms with van der Waals surface area (Å²) in [6.07, 6.45) is 0. The molecule has 0 amide bonds. The molecule has 5 N–H and O–H groups in total. The molecule has 0 heterocycles. The van der Waals surface area contributed by atoms with Crippen molar-refractivity contribution in [1.29, 1.82) is 5.26 Å². The lowest BCUT2D eigenvalue weighted by molar-refractivity contribution is 0.598. The molecule has 0 unspecified atom stereocenters. The van der Waals surface area contributed by atoms with E-state index in [1.807, 2.05) is 6.07 Å². The number of nitrogens with one attached hydrogen (secondary N) is 1. The molecular weight excluding hydrogens is 228 g/mol. The molecule has 1 rings (SSSR count). The van der Waals surface area contributed by atoms with E-state index < -0.39 is 10.0 Å². The van der Waals surface area contributed by atoms with E-state index in [0.29, 0.717) is 16.9 Å². The molecule has 1 aromatic carbocycles. The third-order valence-corrected chi connectivity index (χ3v) is 2.70. The fraction of sp³-hybridized carbons (Fsp3) is 0.222. The van der Waals surface area contributed by atoms with Crippen LogP contribution in [0, 0.1) is 11.3 Å². The fourth-order valence-corrected chi connectivity index (χ4v) is 1.53. The Hall–Kier alpha value is -1.78. The average Bonchev–Trinajstić information content (AvgIpc) is 2.19. The van der Waals surface area contributed by atoms with Gasteiger partial charge < -0.3 is 11.1 Å². The Morgan fingerprint density at radius 3 is 2.69 bits per heavy atom. The first-order valence-corrected chi connectivity index (χ1v) is 6.18. The van der Waals surface area contributed by atoms with Gasteiger partial charge in [-0.25, -0.2) is 13.6 Å². The van der Waals surface area contributed by atoms with Crippen molar-refractivity contribution < 1.29 is 8.42 Å². The quantitative estimate of drug-likeness (QED) is 0.631. The smallest absolute Gasteiger partial charge is 0.210 e. The zero-order chi connectivity index (χ0) is 12.2. The van der Waals surface area contributed by atoms with E-state index in [1.54, 1.807) is 18.2 Å². The first-order chi connectivity index (χ1) is 7.44. The van der Waals surface area contributed by atoms with Crippen LogP contribution >= 0.6 is 0 Å². The molecule has 0 bridgehead atoms. The predicted molar refractivity (Wildman–Crippen MR) is 62.0 cm³/mol. The van der Waals surface area contributed by atoms with Gasteiger partial charge in [0.15, 0.2) is 0 Å². The molecule has 0 saturated heterocycles. The van der Waals surface area contributed by atoms with Gasteiger partial charge in [0.05, 0.1) is 22.7 Å². The molecule has 0 saturated carbocycles. The highest BCUT2D eigenvalue weighted by atomic mass is 32.2.